The Morgan fingerprint density at radius 3 is 2.53 bits per heavy atom. The van der Waals surface area contributed by atoms with Crippen molar-refractivity contribution in [1.29, 1.82) is 0 Å². The minimum absolute atomic E-state index is 0.0704. The topological polar surface area (TPSA) is 131 Å². The average molecular weight is 462 g/mol. The molecule has 3 aromatic heterocycles. The van der Waals surface area contributed by atoms with Crippen molar-refractivity contribution in [1.82, 2.24) is 14.5 Å². The first-order chi connectivity index (χ1) is 16.4. The number of carbonyl (C=O) groups excluding carboxylic acids is 1. The van der Waals surface area contributed by atoms with Crippen molar-refractivity contribution in [2.75, 3.05) is 6.61 Å². The quantitative estimate of drug-likeness (QED) is 0.364. The Balaban J connectivity index is 1.93. The van der Waals surface area contributed by atoms with E-state index >= 15 is 0 Å². The summed E-state index contributed by atoms with van der Waals surface area (Å²) >= 11 is 0. The van der Waals surface area contributed by atoms with Crippen LogP contribution in [-0.4, -0.2) is 43.4 Å². The van der Waals surface area contributed by atoms with Crippen molar-refractivity contribution in [3.8, 4) is 0 Å². The Bertz CT molecular complexity index is 1390. The maximum absolute atomic E-state index is 13.4. The number of nitrogens with two attached hydrogens (primary N) is 1. The van der Waals surface area contributed by atoms with Crippen LogP contribution in [0.1, 0.15) is 32.7 Å². The van der Waals surface area contributed by atoms with Crippen molar-refractivity contribution in [3.05, 3.63) is 105 Å². The summed E-state index contributed by atoms with van der Waals surface area (Å²) in [6.45, 7) is -0.486. The molecule has 0 spiro atoms. The van der Waals surface area contributed by atoms with Gasteiger partial charge in [-0.15, -0.1) is 0 Å². The molecule has 0 saturated heterocycles. The molecule has 9 heteroatoms. The number of aliphatic hydroxyl groups excluding tert-OH is 2. The van der Waals surface area contributed by atoms with Gasteiger partial charge >= 0.3 is 0 Å². The molecule has 0 fully saturated rings. The van der Waals surface area contributed by atoms with Crippen LogP contribution in [0, 0.1) is 5.82 Å². The summed E-state index contributed by atoms with van der Waals surface area (Å²) < 4.78 is 14.7. The minimum atomic E-state index is -1.20. The number of aliphatic hydroxyl groups is 2. The summed E-state index contributed by atoms with van der Waals surface area (Å²) in [7, 11) is 0. The maximum atomic E-state index is 13.4. The molecule has 1 atom stereocenters. The van der Waals surface area contributed by atoms with Gasteiger partial charge in [-0.05, 0) is 47.9 Å². The van der Waals surface area contributed by atoms with Crippen LogP contribution in [0.5, 0.6) is 0 Å². The number of benzene rings is 1. The van der Waals surface area contributed by atoms with Crippen LogP contribution in [-0.2, 0) is 19.4 Å². The lowest BCUT2D eigenvalue weighted by Gasteiger charge is -2.18. The van der Waals surface area contributed by atoms with Crippen LogP contribution in [0.3, 0.4) is 0 Å². The molecule has 0 bridgehead atoms. The van der Waals surface area contributed by atoms with Gasteiger partial charge in [-0.2, -0.15) is 0 Å². The van der Waals surface area contributed by atoms with Crippen LogP contribution >= 0.6 is 0 Å². The van der Waals surface area contributed by atoms with Gasteiger partial charge in [0, 0.05) is 24.4 Å². The van der Waals surface area contributed by atoms with Gasteiger partial charge in [0.15, 0.2) is 0 Å². The summed E-state index contributed by atoms with van der Waals surface area (Å²) in [4.78, 5) is 34.5. The summed E-state index contributed by atoms with van der Waals surface area (Å²) in [6, 6.07) is 13.1. The number of carbonyl (C=O) groups is 1. The zero-order chi connectivity index (χ0) is 24.2. The van der Waals surface area contributed by atoms with E-state index in [0.717, 1.165) is 11.1 Å². The lowest BCUT2D eigenvalue weighted by molar-refractivity contribution is 0.0941. The minimum Gasteiger partial charge on any atom is -0.394 e. The molecule has 1 aromatic carbocycles. The molecule has 8 nitrogen and oxygen atoms in total. The van der Waals surface area contributed by atoms with Gasteiger partial charge in [-0.3, -0.25) is 24.1 Å². The first-order valence-corrected chi connectivity index (χ1v) is 10.6. The Hall–Kier alpha value is -3.95. The Morgan fingerprint density at radius 1 is 1.12 bits per heavy atom. The smallest absolute Gasteiger partial charge is 0.264 e. The van der Waals surface area contributed by atoms with E-state index < -0.39 is 24.2 Å². The second-order valence-corrected chi connectivity index (χ2v) is 7.99. The highest BCUT2D eigenvalue weighted by atomic mass is 19.1. The van der Waals surface area contributed by atoms with E-state index in [9.17, 15) is 24.2 Å². The predicted molar refractivity (Wildman–Crippen MR) is 124 cm³/mol. The second-order valence-electron chi connectivity index (χ2n) is 7.99. The Morgan fingerprint density at radius 2 is 1.88 bits per heavy atom. The lowest BCUT2D eigenvalue weighted by atomic mass is 9.98. The standard InChI is InChI=1S/C25H23FN4O4/c26-17-6-4-15(5-7-17)9-16-10-21-23(29-12-16)20(11-19(32)14-31)22(24(27)33)25(34)30(21)13-18-3-1-2-8-28-18/h1-8,10,12,19,31-32H,9,11,13-14H2,(H2,27,33). The van der Waals surface area contributed by atoms with E-state index in [2.05, 4.69) is 9.97 Å². The first-order valence-electron chi connectivity index (χ1n) is 10.6. The number of fused-ring (bicyclic) bond motifs is 1. The predicted octanol–water partition coefficient (Wildman–Crippen LogP) is 1.56. The number of nitrogens with zero attached hydrogens (tertiary/aromatic N) is 3. The number of primary amides is 1. The van der Waals surface area contributed by atoms with Gasteiger partial charge in [0.2, 0.25) is 0 Å². The second kappa shape index (κ2) is 9.90. The Labute approximate surface area is 194 Å². The normalized spacial score (nSPS) is 12.1. The molecule has 0 radical (unpaired) electrons. The van der Waals surface area contributed by atoms with Crippen molar-refractivity contribution in [3.63, 3.8) is 0 Å². The highest BCUT2D eigenvalue weighted by Gasteiger charge is 2.24. The number of hydrogen-bond donors (Lipinski definition) is 3. The fourth-order valence-electron chi connectivity index (χ4n) is 3.92. The highest BCUT2D eigenvalue weighted by molar-refractivity contribution is 5.98. The van der Waals surface area contributed by atoms with Crippen molar-refractivity contribution in [2.24, 2.45) is 5.73 Å². The molecule has 1 unspecified atom stereocenters. The van der Waals surface area contributed by atoms with Crippen molar-refractivity contribution in [2.45, 2.75) is 25.5 Å². The molecule has 174 valence electrons. The fourth-order valence-corrected chi connectivity index (χ4v) is 3.92. The summed E-state index contributed by atoms with van der Waals surface area (Å²) in [6.07, 6.45) is 2.26. The van der Waals surface area contributed by atoms with Gasteiger partial charge in [-0.1, -0.05) is 18.2 Å². The first kappa shape index (κ1) is 23.2. The molecule has 34 heavy (non-hydrogen) atoms. The zero-order valence-corrected chi connectivity index (χ0v) is 18.2. The van der Waals surface area contributed by atoms with E-state index in [1.165, 1.54) is 16.7 Å². The molecular formula is C25H23FN4O4. The molecule has 0 saturated carbocycles. The van der Waals surface area contributed by atoms with Crippen LogP contribution in [0.2, 0.25) is 0 Å². The zero-order valence-electron chi connectivity index (χ0n) is 18.2. The molecule has 1 amide bonds. The Kier molecular flexibility index (Phi) is 6.76. The highest BCUT2D eigenvalue weighted by Crippen LogP contribution is 2.23. The summed E-state index contributed by atoms with van der Waals surface area (Å²) in [5, 5.41) is 19.4. The number of pyridine rings is 3. The maximum Gasteiger partial charge on any atom is 0.264 e. The molecule has 4 N–H and O–H groups in total. The number of amides is 1. The van der Waals surface area contributed by atoms with Crippen LogP contribution in [0.25, 0.3) is 11.0 Å². The molecule has 3 heterocycles. The third kappa shape index (κ3) is 4.85. The third-order valence-corrected chi connectivity index (χ3v) is 5.53. The van der Waals surface area contributed by atoms with E-state index in [1.807, 2.05) is 0 Å². The van der Waals surface area contributed by atoms with E-state index in [1.54, 1.807) is 48.8 Å². The molecule has 4 aromatic rings. The van der Waals surface area contributed by atoms with Gasteiger partial charge < -0.3 is 15.9 Å². The number of hydrogen-bond acceptors (Lipinski definition) is 6. The van der Waals surface area contributed by atoms with Gasteiger partial charge in [-0.25, -0.2) is 4.39 Å². The van der Waals surface area contributed by atoms with E-state index in [-0.39, 0.29) is 29.9 Å². The number of halogens is 1. The van der Waals surface area contributed by atoms with Crippen molar-refractivity contribution < 1.29 is 19.4 Å². The molecule has 0 aliphatic heterocycles. The third-order valence-electron chi connectivity index (χ3n) is 5.53. The van der Waals surface area contributed by atoms with Crippen LogP contribution in [0.15, 0.2) is 65.7 Å². The molecular weight excluding hydrogens is 439 g/mol. The monoisotopic (exact) mass is 462 g/mol. The van der Waals surface area contributed by atoms with E-state index in [4.69, 9.17) is 5.73 Å². The lowest BCUT2D eigenvalue weighted by Crippen LogP contribution is -2.34. The summed E-state index contributed by atoms with van der Waals surface area (Å²) in [5.41, 5.74) is 7.78. The molecule has 4 rings (SSSR count). The van der Waals surface area contributed by atoms with Crippen LogP contribution < -0.4 is 11.3 Å². The van der Waals surface area contributed by atoms with Gasteiger partial charge in [0.25, 0.3) is 11.5 Å². The largest absolute Gasteiger partial charge is 0.394 e. The number of rotatable bonds is 8. The molecule has 0 aliphatic rings. The number of aromatic nitrogens is 3. The molecule has 0 aliphatic carbocycles. The van der Waals surface area contributed by atoms with Crippen molar-refractivity contribution >= 4 is 16.9 Å². The average Bonchev–Trinajstić information content (AvgIpc) is 2.83. The van der Waals surface area contributed by atoms with E-state index in [0.29, 0.717) is 23.1 Å². The fraction of sp³-hybridized carbons (Fsp3) is 0.200. The van der Waals surface area contributed by atoms with Gasteiger partial charge in [0.05, 0.1) is 36.0 Å². The van der Waals surface area contributed by atoms with Crippen LogP contribution in [0.4, 0.5) is 4.39 Å². The SMILES string of the molecule is NC(=O)c1c(CC(O)CO)c2ncc(Cc3ccc(F)cc3)cc2n(Cc2ccccn2)c1=O. The summed E-state index contributed by atoms with van der Waals surface area (Å²) in [5.74, 6) is -1.28. The van der Waals surface area contributed by atoms with Gasteiger partial charge in [0.1, 0.15) is 11.4 Å².